The van der Waals surface area contributed by atoms with Crippen LogP contribution in [0.25, 0.3) is 0 Å². The molecule has 4 atom stereocenters. The Kier molecular flexibility index (Phi) is 5.49. The van der Waals surface area contributed by atoms with Gasteiger partial charge in [-0.2, -0.15) is 0 Å². The number of nitrogens with two attached hydrogens (primary N) is 1. The third-order valence-corrected chi connectivity index (χ3v) is 5.39. The Bertz CT molecular complexity index is 298. The van der Waals surface area contributed by atoms with Gasteiger partial charge in [-0.1, -0.05) is 27.2 Å². The zero-order valence-corrected chi connectivity index (χ0v) is 13.9. The molecule has 3 nitrogen and oxygen atoms in total. The standard InChI is InChI=1S/C17H34N2O/c1-13(18)16-12-19(10-11-20-16)15-7-5-6-14(8-9-15)17(2,3)4/h13-16H,5-12,18H2,1-4H3. The van der Waals surface area contributed by atoms with Gasteiger partial charge in [-0.05, 0) is 43.9 Å². The third kappa shape index (κ3) is 4.19. The van der Waals surface area contributed by atoms with Crippen LogP contribution in [0, 0.1) is 11.3 Å². The second-order valence-corrected chi connectivity index (χ2v) is 7.99. The van der Waals surface area contributed by atoms with Crippen LogP contribution in [0.2, 0.25) is 0 Å². The van der Waals surface area contributed by atoms with E-state index in [9.17, 15) is 0 Å². The lowest BCUT2D eigenvalue weighted by atomic mass is 9.76. The molecule has 2 fully saturated rings. The lowest BCUT2D eigenvalue weighted by Crippen LogP contribution is -2.52. The molecule has 4 unspecified atom stereocenters. The summed E-state index contributed by atoms with van der Waals surface area (Å²) < 4.78 is 5.80. The van der Waals surface area contributed by atoms with Crippen LogP contribution in [0.15, 0.2) is 0 Å². The van der Waals surface area contributed by atoms with E-state index in [0.29, 0.717) is 5.41 Å². The van der Waals surface area contributed by atoms with Gasteiger partial charge in [0.2, 0.25) is 0 Å². The summed E-state index contributed by atoms with van der Waals surface area (Å²) in [6.45, 7) is 12.2. The average molecular weight is 282 g/mol. The zero-order valence-electron chi connectivity index (χ0n) is 13.9. The number of hydrogen-bond acceptors (Lipinski definition) is 3. The molecule has 1 saturated carbocycles. The summed E-state index contributed by atoms with van der Waals surface area (Å²) in [5.74, 6) is 0.887. The van der Waals surface area contributed by atoms with Gasteiger partial charge in [0.05, 0.1) is 12.7 Å². The van der Waals surface area contributed by atoms with E-state index in [-0.39, 0.29) is 12.1 Å². The lowest BCUT2D eigenvalue weighted by molar-refractivity contribution is -0.0536. The first kappa shape index (κ1) is 16.3. The van der Waals surface area contributed by atoms with Crippen molar-refractivity contribution in [1.82, 2.24) is 4.90 Å². The van der Waals surface area contributed by atoms with Crippen LogP contribution in [0.4, 0.5) is 0 Å². The van der Waals surface area contributed by atoms with Gasteiger partial charge in [-0.15, -0.1) is 0 Å². The van der Waals surface area contributed by atoms with E-state index in [1.165, 1.54) is 32.1 Å². The molecule has 1 heterocycles. The molecule has 0 aromatic carbocycles. The highest BCUT2D eigenvalue weighted by Gasteiger charge is 2.32. The first-order valence-corrected chi connectivity index (χ1v) is 8.49. The Morgan fingerprint density at radius 3 is 2.55 bits per heavy atom. The molecule has 3 heteroatoms. The van der Waals surface area contributed by atoms with E-state index in [0.717, 1.165) is 31.7 Å². The van der Waals surface area contributed by atoms with Crippen molar-refractivity contribution < 1.29 is 4.74 Å². The summed E-state index contributed by atoms with van der Waals surface area (Å²) in [7, 11) is 0. The van der Waals surface area contributed by atoms with Crippen molar-refractivity contribution in [3.8, 4) is 0 Å². The predicted octanol–water partition coefficient (Wildman–Crippen LogP) is 3.03. The van der Waals surface area contributed by atoms with E-state index < -0.39 is 0 Å². The molecule has 20 heavy (non-hydrogen) atoms. The van der Waals surface area contributed by atoms with Crippen molar-refractivity contribution in [2.45, 2.75) is 78.0 Å². The van der Waals surface area contributed by atoms with Crippen molar-refractivity contribution in [1.29, 1.82) is 0 Å². The molecule has 0 amide bonds. The van der Waals surface area contributed by atoms with Gasteiger partial charge in [-0.3, -0.25) is 4.90 Å². The molecule has 0 aromatic rings. The predicted molar refractivity (Wildman–Crippen MR) is 84.8 cm³/mol. The minimum absolute atomic E-state index is 0.144. The minimum atomic E-state index is 0.144. The largest absolute Gasteiger partial charge is 0.374 e. The van der Waals surface area contributed by atoms with Crippen LogP contribution in [-0.2, 0) is 4.74 Å². The molecule has 1 saturated heterocycles. The Morgan fingerprint density at radius 2 is 1.90 bits per heavy atom. The van der Waals surface area contributed by atoms with Crippen LogP contribution in [0.3, 0.4) is 0 Å². The summed E-state index contributed by atoms with van der Waals surface area (Å²) in [6, 6.07) is 0.901. The molecule has 1 aliphatic heterocycles. The van der Waals surface area contributed by atoms with Crippen molar-refractivity contribution in [3.05, 3.63) is 0 Å². The van der Waals surface area contributed by atoms with Crippen LogP contribution >= 0.6 is 0 Å². The Morgan fingerprint density at radius 1 is 1.15 bits per heavy atom. The molecule has 0 radical (unpaired) electrons. The Hall–Kier alpha value is -0.120. The molecule has 0 bridgehead atoms. The van der Waals surface area contributed by atoms with Gasteiger partial charge >= 0.3 is 0 Å². The molecule has 0 spiro atoms. The fourth-order valence-electron chi connectivity index (χ4n) is 3.86. The molecule has 2 N–H and O–H groups in total. The molecular formula is C17H34N2O. The maximum absolute atomic E-state index is 6.02. The number of nitrogens with zero attached hydrogens (tertiary/aromatic N) is 1. The first-order chi connectivity index (χ1) is 9.38. The topological polar surface area (TPSA) is 38.5 Å². The highest BCUT2D eigenvalue weighted by atomic mass is 16.5. The lowest BCUT2D eigenvalue weighted by Gasteiger charge is -2.39. The van der Waals surface area contributed by atoms with Gasteiger partial charge in [0.1, 0.15) is 0 Å². The summed E-state index contributed by atoms with van der Waals surface area (Å²) in [6.07, 6.45) is 7.11. The molecular weight excluding hydrogens is 248 g/mol. The normalized spacial score (nSPS) is 35.5. The van der Waals surface area contributed by atoms with E-state index in [1.54, 1.807) is 0 Å². The van der Waals surface area contributed by atoms with Crippen LogP contribution in [-0.4, -0.2) is 42.8 Å². The van der Waals surface area contributed by atoms with E-state index >= 15 is 0 Å². The molecule has 1 aliphatic carbocycles. The fraction of sp³-hybridized carbons (Fsp3) is 1.00. The van der Waals surface area contributed by atoms with Gasteiger partial charge in [-0.25, -0.2) is 0 Å². The van der Waals surface area contributed by atoms with Crippen molar-refractivity contribution >= 4 is 0 Å². The summed E-state index contributed by atoms with van der Waals surface area (Å²) >= 11 is 0. The highest BCUT2D eigenvalue weighted by molar-refractivity contribution is 4.86. The van der Waals surface area contributed by atoms with E-state index in [2.05, 4.69) is 32.6 Å². The second kappa shape index (κ2) is 6.76. The van der Waals surface area contributed by atoms with E-state index in [4.69, 9.17) is 10.5 Å². The SMILES string of the molecule is CC(N)C1CN(C2CCCC(C(C)(C)C)CC2)CCO1. The summed E-state index contributed by atoms with van der Waals surface area (Å²) in [4.78, 5) is 2.66. The molecule has 118 valence electrons. The van der Waals surface area contributed by atoms with Crippen LogP contribution in [0.1, 0.15) is 59.8 Å². The number of ether oxygens (including phenoxy) is 1. The third-order valence-electron chi connectivity index (χ3n) is 5.39. The van der Waals surface area contributed by atoms with Crippen LogP contribution < -0.4 is 5.73 Å². The average Bonchev–Trinajstić information content (AvgIpc) is 2.64. The molecule has 2 aliphatic rings. The Labute approximate surface area is 125 Å². The van der Waals surface area contributed by atoms with Crippen molar-refractivity contribution in [2.24, 2.45) is 17.1 Å². The fourth-order valence-corrected chi connectivity index (χ4v) is 3.86. The number of hydrogen-bond donors (Lipinski definition) is 1. The number of rotatable bonds is 2. The molecule has 2 rings (SSSR count). The summed E-state index contributed by atoms with van der Waals surface area (Å²) in [5.41, 5.74) is 6.48. The smallest absolute Gasteiger partial charge is 0.0850 e. The quantitative estimate of drug-likeness (QED) is 0.791. The van der Waals surface area contributed by atoms with Gasteiger partial charge in [0.15, 0.2) is 0 Å². The van der Waals surface area contributed by atoms with Crippen LogP contribution in [0.5, 0.6) is 0 Å². The highest BCUT2D eigenvalue weighted by Crippen LogP contribution is 2.38. The van der Waals surface area contributed by atoms with E-state index in [1.807, 2.05) is 0 Å². The maximum atomic E-state index is 6.02. The van der Waals surface area contributed by atoms with Gasteiger partial charge < -0.3 is 10.5 Å². The zero-order chi connectivity index (χ0) is 14.8. The first-order valence-electron chi connectivity index (χ1n) is 8.49. The van der Waals surface area contributed by atoms with Crippen molar-refractivity contribution in [2.75, 3.05) is 19.7 Å². The van der Waals surface area contributed by atoms with Crippen molar-refractivity contribution in [3.63, 3.8) is 0 Å². The second-order valence-electron chi connectivity index (χ2n) is 7.99. The van der Waals surface area contributed by atoms with Gasteiger partial charge in [0, 0.05) is 25.2 Å². The summed E-state index contributed by atoms with van der Waals surface area (Å²) in [5, 5.41) is 0. The number of morpholine rings is 1. The molecule has 0 aromatic heterocycles. The Balaban J connectivity index is 1.90. The monoisotopic (exact) mass is 282 g/mol. The minimum Gasteiger partial charge on any atom is -0.374 e. The van der Waals surface area contributed by atoms with Gasteiger partial charge in [0.25, 0.3) is 0 Å². The maximum Gasteiger partial charge on any atom is 0.0850 e.